The molecule has 0 radical (unpaired) electrons. The van der Waals surface area contributed by atoms with Gasteiger partial charge in [-0.25, -0.2) is 4.98 Å². The number of nitrogens with zero attached hydrogens (tertiary/aromatic N) is 3. The normalized spacial score (nSPS) is 20.0. The number of hydrogen-bond donors (Lipinski definition) is 1. The van der Waals surface area contributed by atoms with Gasteiger partial charge in [0.15, 0.2) is 0 Å². The maximum Gasteiger partial charge on any atom is 0.234 e. The van der Waals surface area contributed by atoms with Crippen LogP contribution in [0.4, 0.5) is 0 Å². The molecule has 26 heavy (non-hydrogen) atoms. The number of benzene rings is 1. The summed E-state index contributed by atoms with van der Waals surface area (Å²) in [6.07, 6.45) is 7.15. The van der Waals surface area contributed by atoms with E-state index >= 15 is 0 Å². The molecule has 140 valence electrons. The zero-order valence-electron chi connectivity index (χ0n) is 15.8. The second-order valence-electron chi connectivity index (χ2n) is 8.03. The van der Waals surface area contributed by atoms with E-state index in [-0.39, 0.29) is 5.91 Å². The summed E-state index contributed by atoms with van der Waals surface area (Å²) in [6.45, 7) is 5.75. The molecule has 0 spiro atoms. The number of carbonyl (C=O) groups excluding carboxylic acids is 1. The van der Waals surface area contributed by atoms with Crippen LogP contribution in [0, 0.1) is 12.8 Å². The molecule has 1 aliphatic carbocycles. The van der Waals surface area contributed by atoms with Gasteiger partial charge < -0.3 is 9.88 Å². The third-order valence-electron chi connectivity index (χ3n) is 6.08. The van der Waals surface area contributed by atoms with Gasteiger partial charge in [0.1, 0.15) is 5.82 Å². The van der Waals surface area contributed by atoms with E-state index in [0.717, 1.165) is 56.7 Å². The molecule has 5 heteroatoms. The standard InChI is InChI=1S/C21H30N4O/c1-16-22-19-8-4-5-9-20(19)25(16)14-17-10-12-24(13-11-17)15-21(26)23-18-6-2-3-7-18/h4-5,8-9,17-18H,2-3,6-7,10-15H2,1H3,(H,23,26). The van der Waals surface area contributed by atoms with Crippen molar-refractivity contribution in [1.29, 1.82) is 0 Å². The van der Waals surface area contributed by atoms with Gasteiger partial charge >= 0.3 is 0 Å². The van der Waals surface area contributed by atoms with Crippen LogP contribution in [0.5, 0.6) is 0 Å². The highest BCUT2D eigenvalue weighted by molar-refractivity contribution is 5.78. The second kappa shape index (κ2) is 7.78. The van der Waals surface area contributed by atoms with E-state index in [0.29, 0.717) is 18.5 Å². The molecule has 0 atom stereocenters. The van der Waals surface area contributed by atoms with E-state index in [4.69, 9.17) is 0 Å². The summed E-state index contributed by atoms with van der Waals surface area (Å²) in [7, 11) is 0. The van der Waals surface area contributed by atoms with Crippen LogP contribution < -0.4 is 5.32 Å². The largest absolute Gasteiger partial charge is 0.352 e. The first-order chi connectivity index (χ1) is 12.7. The van der Waals surface area contributed by atoms with Crippen molar-refractivity contribution >= 4 is 16.9 Å². The summed E-state index contributed by atoms with van der Waals surface area (Å²) in [5.74, 6) is 1.98. The first-order valence-corrected chi connectivity index (χ1v) is 10.1. The van der Waals surface area contributed by atoms with Crippen LogP contribution >= 0.6 is 0 Å². The van der Waals surface area contributed by atoms with Crippen molar-refractivity contribution in [3.8, 4) is 0 Å². The Labute approximate surface area is 155 Å². The third-order valence-corrected chi connectivity index (χ3v) is 6.08. The summed E-state index contributed by atoms with van der Waals surface area (Å²) in [5, 5.41) is 3.21. The average molecular weight is 354 g/mol. The number of piperidine rings is 1. The highest BCUT2D eigenvalue weighted by Crippen LogP contribution is 2.23. The maximum atomic E-state index is 12.2. The number of carbonyl (C=O) groups is 1. The molecular weight excluding hydrogens is 324 g/mol. The number of para-hydroxylation sites is 2. The maximum absolute atomic E-state index is 12.2. The summed E-state index contributed by atoms with van der Waals surface area (Å²) in [5.41, 5.74) is 2.33. The summed E-state index contributed by atoms with van der Waals surface area (Å²) < 4.78 is 2.36. The number of hydrogen-bond acceptors (Lipinski definition) is 3. The fourth-order valence-electron chi connectivity index (χ4n) is 4.56. The second-order valence-corrected chi connectivity index (χ2v) is 8.03. The summed E-state index contributed by atoms with van der Waals surface area (Å²) in [6, 6.07) is 8.82. The number of imidazole rings is 1. The predicted octanol–water partition coefficient (Wildman–Crippen LogP) is 3.12. The fraction of sp³-hybridized carbons (Fsp3) is 0.619. The molecule has 1 aromatic carbocycles. The predicted molar refractivity (Wildman–Crippen MR) is 104 cm³/mol. The number of rotatable bonds is 5. The van der Waals surface area contributed by atoms with Gasteiger partial charge in [0.05, 0.1) is 17.6 Å². The minimum absolute atomic E-state index is 0.215. The van der Waals surface area contributed by atoms with Crippen LogP contribution in [0.2, 0.25) is 0 Å². The van der Waals surface area contributed by atoms with Gasteiger partial charge in [-0.15, -0.1) is 0 Å². The Kier molecular flexibility index (Phi) is 5.25. The topological polar surface area (TPSA) is 50.2 Å². The van der Waals surface area contributed by atoms with Crippen molar-refractivity contribution in [3.63, 3.8) is 0 Å². The Morgan fingerprint density at radius 1 is 1.15 bits per heavy atom. The van der Waals surface area contributed by atoms with Crippen LogP contribution in [-0.4, -0.2) is 46.0 Å². The van der Waals surface area contributed by atoms with Crippen LogP contribution in [0.1, 0.15) is 44.3 Å². The van der Waals surface area contributed by atoms with Crippen LogP contribution in [0.15, 0.2) is 24.3 Å². The molecule has 1 aliphatic heterocycles. The Hall–Kier alpha value is -1.88. The SMILES string of the molecule is Cc1nc2ccccc2n1CC1CCN(CC(=O)NC2CCCC2)CC1. The quantitative estimate of drug-likeness (QED) is 0.897. The first-order valence-electron chi connectivity index (χ1n) is 10.1. The molecule has 2 fully saturated rings. The molecule has 2 aliphatic rings. The monoisotopic (exact) mass is 354 g/mol. The van der Waals surface area contributed by atoms with Crippen LogP contribution in [0.25, 0.3) is 11.0 Å². The van der Waals surface area contributed by atoms with E-state index < -0.39 is 0 Å². The minimum Gasteiger partial charge on any atom is -0.352 e. The Bertz CT molecular complexity index is 754. The Morgan fingerprint density at radius 3 is 2.65 bits per heavy atom. The Balaban J connectivity index is 1.28. The molecule has 1 aromatic heterocycles. The molecule has 4 rings (SSSR count). The zero-order valence-corrected chi connectivity index (χ0v) is 15.8. The van der Waals surface area contributed by atoms with Crippen molar-refractivity contribution in [3.05, 3.63) is 30.1 Å². The molecule has 5 nitrogen and oxygen atoms in total. The van der Waals surface area contributed by atoms with Crippen molar-refractivity contribution in [2.75, 3.05) is 19.6 Å². The van der Waals surface area contributed by atoms with Gasteiger partial charge in [-0.1, -0.05) is 25.0 Å². The first kappa shape index (κ1) is 17.5. The minimum atomic E-state index is 0.215. The zero-order chi connectivity index (χ0) is 17.9. The third kappa shape index (κ3) is 3.93. The molecule has 1 N–H and O–H groups in total. The van der Waals surface area contributed by atoms with Gasteiger partial charge in [0.25, 0.3) is 0 Å². The van der Waals surface area contributed by atoms with E-state index in [1.807, 2.05) is 6.07 Å². The highest BCUT2D eigenvalue weighted by Gasteiger charge is 2.23. The van der Waals surface area contributed by atoms with Gasteiger partial charge in [0, 0.05) is 12.6 Å². The summed E-state index contributed by atoms with van der Waals surface area (Å²) in [4.78, 5) is 19.2. The van der Waals surface area contributed by atoms with Crippen molar-refractivity contribution in [1.82, 2.24) is 19.8 Å². The molecule has 0 bridgehead atoms. The van der Waals surface area contributed by atoms with E-state index in [9.17, 15) is 4.79 Å². The molecule has 2 aromatic rings. The molecular formula is C21H30N4O. The lowest BCUT2D eigenvalue weighted by Gasteiger charge is -2.32. The lowest BCUT2D eigenvalue weighted by Crippen LogP contribution is -2.44. The molecule has 1 saturated heterocycles. The van der Waals surface area contributed by atoms with Gasteiger partial charge in [-0.2, -0.15) is 0 Å². The number of nitrogens with one attached hydrogen (secondary N) is 1. The highest BCUT2D eigenvalue weighted by atomic mass is 16.2. The van der Waals surface area contributed by atoms with Gasteiger partial charge in [-0.3, -0.25) is 9.69 Å². The van der Waals surface area contributed by atoms with Crippen molar-refractivity contribution in [2.45, 2.75) is 58.0 Å². The van der Waals surface area contributed by atoms with Crippen LogP contribution in [-0.2, 0) is 11.3 Å². The van der Waals surface area contributed by atoms with Crippen molar-refractivity contribution in [2.24, 2.45) is 5.92 Å². The molecule has 2 heterocycles. The van der Waals surface area contributed by atoms with Gasteiger partial charge in [0.2, 0.25) is 5.91 Å². The average Bonchev–Trinajstić information content (AvgIpc) is 3.25. The lowest BCUT2D eigenvalue weighted by atomic mass is 9.96. The van der Waals surface area contributed by atoms with Gasteiger partial charge in [-0.05, 0) is 63.7 Å². The molecule has 0 unspecified atom stereocenters. The number of aromatic nitrogens is 2. The smallest absolute Gasteiger partial charge is 0.234 e. The summed E-state index contributed by atoms with van der Waals surface area (Å²) >= 11 is 0. The Morgan fingerprint density at radius 2 is 1.88 bits per heavy atom. The number of aryl methyl sites for hydroxylation is 1. The lowest BCUT2D eigenvalue weighted by molar-refractivity contribution is -0.123. The fourth-order valence-corrected chi connectivity index (χ4v) is 4.56. The number of fused-ring (bicyclic) bond motifs is 1. The van der Waals surface area contributed by atoms with Crippen molar-refractivity contribution < 1.29 is 4.79 Å². The molecule has 1 saturated carbocycles. The van der Waals surface area contributed by atoms with Crippen LogP contribution in [0.3, 0.4) is 0 Å². The van der Waals surface area contributed by atoms with E-state index in [1.165, 1.54) is 18.4 Å². The number of likely N-dealkylation sites (tertiary alicyclic amines) is 1. The number of amides is 1. The van der Waals surface area contributed by atoms with E-state index in [1.54, 1.807) is 0 Å². The molecule has 1 amide bonds. The van der Waals surface area contributed by atoms with E-state index in [2.05, 4.69) is 44.9 Å².